The van der Waals surface area contributed by atoms with Crippen LogP contribution in [0, 0.1) is 5.41 Å². The van der Waals surface area contributed by atoms with Gasteiger partial charge in [0.1, 0.15) is 22.9 Å². The lowest BCUT2D eigenvalue weighted by molar-refractivity contribution is -0.279. The molecule has 1 atom stereocenters. The number of hydrogen-bond acceptors (Lipinski definition) is 5. The largest absolute Gasteiger partial charge is 0.457 e. The minimum Gasteiger partial charge on any atom is -0.457 e. The number of fused-ring (bicyclic) bond motifs is 3. The Bertz CT molecular complexity index is 1020. The molecule has 0 amide bonds. The number of halogens is 1. The summed E-state index contributed by atoms with van der Waals surface area (Å²) in [6, 6.07) is 13.9. The summed E-state index contributed by atoms with van der Waals surface area (Å²) in [5.74, 6) is 2.17. The van der Waals surface area contributed by atoms with Gasteiger partial charge in [-0.25, -0.2) is 5.06 Å². The lowest BCUT2D eigenvalue weighted by Crippen LogP contribution is -2.52. The van der Waals surface area contributed by atoms with Crippen LogP contribution < -0.4 is 10.5 Å². The van der Waals surface area contributed by atoms with Gasteiger partial charge in [-0.3, -0.25) is 4.84 Å². The van der Waals surface area contributed by atoms with E-state index in [9.17, 15) is 0 Å². The van der Waals surface area contributed by atoms with E-state index in [1.54, 1.807) is 5.06 Å². The van der Waals surface area contributed by atoms with E-state index in [2.05, 4.69) is 18.2 Å². The Balaban J connectivity index is 1.55. The molecule has 1 fully saturated rings. The second kappa shape index (κ2) is 7.73. The molecule has 0 bridgehead atoms. The van der Waals surface area contributed by atoms with Gasteiger partial charge < -0.3 is 15.2 Å². The maximum atomic E-state index is 6.68. The second-order valence-electron chi connectivity index (χ2n) is 9.02. The number of nitrogens with two attached hydrogens (primary N) is 1. The Labute approximate surface area is 188 Å². The SMILES string of the molecule is COC1CCC2(CC1)Cc1ccc(Oc3cccc(Cl)c3)cc1C21CC=C(N)N(C)O1. The second-order valence-corrected chi connectivity index (χ2v) is 9.46. The third-order valence-electron chi connectivity index (χ3n) is 7.41. The number of hydroxylamine groups is 2. The van der Waals surface area contributed by atoms with E-state index in [4.69, 9.17) is 31.6 Å². The molecule has 3 aliphatic rings. The van der Waals surface area contributed by atoms with E-state index in [1.807, 2.05) is 44.5 Å². The van der Waals surface area contributed by atoms with Gasteiger partial charge in [-0.1, -0.05) is 23.7 Å². The molecule has 1 aliphatic heterocycles. The number of hydrogen-bond donors (Lipinski definition) is 1. The molecule has 2 aliphatic carbocycles. The number of rotatable bonds is 3. The van der Waals surface area contributed by atoms with Gasteiger partial charge in [0, 0.05) is 31.0 Å². The first-order valence-electron chi connectivity index (χ1n) is 10.9. The monoisotopic (exact) mass is 440 g/mol. The summed E-state index contributed by atoms with van der Waals surface area (Å²) in [7, 11) is 3.71. The lowest BCUT2D eigenvalue weighted by atomic mass is 9.62. The van der Waals surface area contributed by atoms with Crippen molar-refractivity contribution in [2.45, 2.75) is 50.2 Å². The van der Waals surface area contributed by atoms with Gasteiger partial charge in [0.05, 0.1) is 6.10 Å². The summed E-state index contributed by atoms with van der Waals surface area (Å²) in [6.45, 7) is 0. The van der Waals surface area contributed by atoms with E-state index in [-0.39, 0.29) is 5.41 Å². The standard InChI is InChI=1S/C25H29ClN2O3/c1-28-23(27)10-13-25(31-28)22-15-21(30-20-5-3-4-18(26)14-20)7-6-17(22)16-24(25)11-8-19(29-2)9-12-24/h3-7,10,14-15,19H,8-9,11-13,16,27H2,1-2H3. The van der Waals surface area contributed by atoms with Crippen molar-refractivity contribution in [1.82, 2.24) is 5.06 Å². The summed E-state index contributed by atoms with van der Waals surface area (Å²) < 4.78 is 11.8. The smallest absolute Gasteiger partial charge is 0.131 e. The number of methoxy groups -OCH3 is 1. The van der Waals surface area contributed by atoms with Crippen molar-refractivity contribution >= 4 is 11.6 Å². The fraction of sp³-hybridized carbons (Fsp3) is 0.440. The Morgan fingerprint density at radius 1 is 1.13 bits per heavy atom. The van der Waals surface area contributed by atoms with Crippen LogP contribution in [0.25, 0.3) is 0 Å². The fourth-order valence-corrected chi connectivity index (χ4v) is 5.92. The number of ether oxygens (including phenoxy) is 2. The highest BCUT2D eigenvalue weighted by Gasteiger charge is 2.61. The van der Waals surface area contributed by atoms with E-state index in [1.165, 1.54) is 11.1 Å². The van der Waals surface area contributed by atoms with Gasteiger partial charge in [0.15, 0.2) is 0 Å². The predicted molar refractivity (Wildman–Crippen MR) is 121 cm³/mol. The molecule has 0 radical (unpaired) electrons. The highest BCUT2D eigenvalue weighted by Crippen LogP contribution is 2.62. The van der Waals surface area contributed by atoms with Gasteiger partial charge >= 0.3 is 0 Å². The molecule has 164 valence electrons. The molecule has 0 aromatic heterocycles. The fourth-order valence-electron chi connectivity index (χ4n) is 5.74. The Kier molecular flexibility index (Phi) is 5.16. The molecule has 2 aromatic rings. The summed E-state index contributed by atoms with van der Waals surface area (Å²) in [6.07, 6.45) is 8.40. The number of benzene rings is 2. The van der Waals surface area contributed by atoms with Crippen LogP contribution in [0.1, 0.15) is 43.2 Å². The topological polar surface area (TPSA) is 57.0 Å². The Hall–Kier alpha value is -2.21. The maximum absolute atomic E-state index is 6.68. The highest BCUT2D eigenvalue weighted by atomic mass is 35.5. The Morgan fingerprint density at radius 2 is 1.90 bits per heavy atom. The lowest BCUT2D eigenvalue weighted by Gasteiger charge is -2.52. The molecule has 1 unspecified atom stereocenters. The zero-order chi connectivity index (χ0) is 21.6. The van der Waals surface area contributed by atoms with Gasteiger partial charge in [-0.2, -0.15) is 0 Å². The molecular weight excluding hydrogens is 412 g/mol. The van der Waals surface area contributed by atoms with Crippen molar-refractivity contribution in [3.8, 4) is 11.5 Å². The molecule has 2 spiro atoms. The van der Waals surface area contributed by atoms with E-state index >= 15 is 0 Å². The summed E-state index contributed by atoms with van der Waals surface area (Å²) in [4.78, 5) is 6.68. The van der Waals surface area contributed by atoms with Crippen LogP contribution in [0.15, 0.2) is 54.4 Å². The molecular formula is C25H29ClN2O3. The van der Waals surface area contributed by atoms with Gasteiger partial charge in [-0.05, 0) is 79.6 Å². The van der Waals surface area contributed by atoms with Crippen molar-refractivity contribution in [1.29, 1.82) is 0 Å². The zero-order valence-electron chi connectivity index (χ0n) is 18.1. The van der Waals surface area contributed by atoms with Crippen molar-refractivity contribution in [3.05, 3.63) is 70.5 Å². The third kappa shape index (κ3) is 3.39. The van der Waals surface area contributed by atoms with Crippen LogP contribution in [0.5, 0.6) is 11.5 Å². The average Bonchev–Trinajstić information content (AvgIpc) is 3.00. The minimum absolute atomic E-state index is 0.0184. The molecule has 5 nitrogen and oxygen atoms in total. The van der Waals surface area contributed by atoms with Crippen molar-refractivity contribution < 1.29 is 14.3 Å². The van der Waals surface area contributed by atoms with Crippen LogP contribution in [0.2, 0.25) is 5.02 Å². The van der Waals surface area contributed by atoms with E-state index in [0.29, 0.717) is 16.9 Å². The van der Waals surface area contributed by atoms with Crippen LogP contribution in [-0.2, 0) is 21.6 Å². The van der Waals surface area contributed by atoms with Crippen LogP contribution in [-0.4, -0.2) is 25.3 Å². The first kappa shape index (κ1) is 20.7. The molecule has 0 saturated heterocycles. The van der Waals surface area contributed by atoms with Crippen LogP contribution >= 0.6 is 11.6 Å². The molecule has 2 aromatic carbocycles. The van der Waals surface area contributed by atoms with Gasteiger partial charge in [0.25, 0.3) is 0 Å². The number of nitrogens with zero attached hydrogens (tertiary/aromatic N) is 1. The summed E-state index contributed by atoms with van der Waals surface area (Å²) in [5, 5.41) is 2.38. The van der Waals surface area contributed by atoms with E-state index in [0.717, 1.165) is 50.0 Å². The predicted octanol–water partition coefficient (Wildman–Crippen LogP) is 5.53. The quantitative estimate of drug-likeness (QED) is 0.680. The van der Waals surface area contributed by atoms with Gasteiger partial charge in [0.2, 0.25) is 0 Å². The summed E-state index contributed by atoms with van der Waals surface area (Å²) in [5.41, 5.74) is 8.27. The van der Waals surface area contributed by atoms with Crippen LogP contribution in [0.4, 0.5) is 0 Å². The first-order chi connectivity index (χ1) is 14.9. The van der Waals surface area contributed by atoms with E-state index < -0.39 is 5.60 Å². The van der Waals surface area contributed by atoms with Crippen molar-refractivity contribution in [2.24, 2.45) is 11.1 Å². The molecule has 1 heterocycles. The summed E-state index contributed by atoms with van der Waals surface area (Å²) >= 11 is 6.14. The molecule has 5 rings (SSSR count). The molecule has 2 N–H and O–H groups in total. The Morgan fingerprint density at radius 3 is 2.61 bits per heavy atom. The van der Waals surface area contributed by atoms with Gasteiger partial charge in [-0.15, -0.1) is 0 Å². The normalized spacial score (nSPS) is 29.8. The minimum atomic E-state index is -0.452. The van der Waals surface area contributed by atoms with Crippen LogP contribution in [0.3, 0.4) is 0 Å². The molecule has 31 heavy (non-hydrogen) atoms. The average molecular weight is 441 g/mol. The van der Waals surface area contributed by atoms with Crippen molar-refractivity contribution in [3.63, 3.8) is 0 Å². The highest BCUT2D eigenvalue weighted by molar-refractivity contribution is 6.30. The van der Waals surface area contributed by atoms with Crippen molar-refractivity contribution in [2.75, 3.05) is 14.2 Å². The third-order valence-corrected chi connectivity index (χ3v) is 7.65. The zero-order valence-corrected chi connectivity index (χ0v) is 18.8. The molecule has 1 saturated carbocycles. The molecule has 6 heteroatoms. The first-order valence-corrected chi connectivity index (χ1v) is 11.3. The maximum Gasteiger partial charge on any atom is 0.131 e.